The number of non-ortho nitro benzene ring substituents is 1. The Hall–Kier alpha value is -2.15. The maximum atomic E-state index is 12.7. The Kier molecular flexibility index (Phi) is 11.1. The molecule has 0 radical (unpaired) electrons. The lowest BCUT2D eigenvalue weighted by Gasteiger charge is -2.39. The van der Waals surface area contributed by atoms with E-state index in [2.05, 4.69) is 27.4 Å². The molecule has 11 heteroatoms. The number of carbonyl (C=O) groups is 1. The van der Waals surface area contributed by atoms with E-state index in [9.17, 15) is 14.9 Å². The number of nitro groups is 1. The largest absolute Gasteiger partial charge is 0.383 e. The van der Waals surface area contributed by atoms with E-state index in [1.807, 2.05) is 11.8 Å². The smallest absolute Gasteiger partial charge is 0.269 e. The summed E-state index contributed by atoms with van der Waals surface area (Å²) in [6.07, 6.45) is 2.24. The van der Waals surface area contributed by atoms with Crippen LogP contribution in [-0.4, -0.2) is 96.4 Å². The quantitative estimate of drug-likeness (QED) is 0.123. The lowest BCUT2D eigenvalue weighted by molar-refractivity contribution is -0.384. The zero-order valence-electron chi connectivity index (χ0n) is 19.5. The topological polar surface area (TPSA) is 106 Å². The van der Waals surface area contributed by atoms with Gasteiger partial charge in [0.05, 0.1) is 17.5 Å². The summed E-state index contributed by atoms with van der Waals surface area (Å²) < 4.78 is 0. The number of halogens is 1. The highest BCUT2D eigenvalue weighted by atomic mass is 127. The van der Waals surface area contributed by atoms with Crippen molar-refractivity contribution in [3.05, 3.63) is 34.4 Å². The third-order valence-electron chi connectivity index (χ3n) is 6.05. The Morgan fingerprint density at radius 2 is 1.73 bits per heavy atom. The number of nitrogens with one attached hydrogen (secondary N) is 2. The highest BCUT2D eigenvalue weighted by molar-refractivity contribution is 14.0. The van der Waals surface area contributed by atoms with Gasteiger partial charge < -0.3 is 20.4 Å². The first kappa shape index (κ1) is 27.1. The first-order valence-corrected chi connectivity index (χ1v) is 11.5. The molecule has 0 bridgehead atoms. The molecule has 184 valence electrons. The van der Waals surface area contributed by atoms with Crippen molar-refractivity contribution in [3.63, 3.8) is 0 Å². The van der Waals surface area contributed by atoms with Gasteiger partial charge in [0.2, 0.25) is 5.91 Å². The number of hydrogen-bond acceptors (Lipinski definition) is 6. The summed E-state index contributed by atoms with van der Waals surface area (Å²) in [5, 5.41) is 17.4. The molecule has 0 aliphatic carbocycles. The van der Waals surface area contributed by atoms with Gasteiger partial charge in [-0.25, -0.2) is 0 Å². The van der Waals surface area contributed by atoms with Crippen LogP contribution in [0.1, 0.15) is 26.7 Å². The van der Waals surface area contributed by atoms with Gasteiger partial charge in [0.15, 0.2) is 5.96 Å². The fourth-order valence-electron chi connectivity index (χ4n) is 4.17. The van der Waals surface area contributed by atoms with E-state index in [0.717, 1.165) is 70.3 Å². The fraction of sp³-hybridized carbons (Fsp3) is 0.636. The van der Waals surface area contributed by atoms with Gasteiger partial charge in [-0.1, -0.05) is 0 Å². The molecule has 2 aliphatic heterocycles. The van der Waals surface area contributed by atoms with Crippen LogP contribution < -0.4 is 10.6 Å². The Bertz CT molecular complexity index is 792. The summed E-state index contributed by atoms with van der Waals surface area (Å²) in [7, 11) is 0. The number of anilines is 1. The molecular weight excluding hydrogens is 537 g/mol. The van der Waals surface area contributed by atoms with E-state index in [1.165, 1.54) is 12.1 Å². The normalized spacial score (nSPS) is 17.9. The Morgan fingerprint density at radius 3 is 2.30 bits per heavy atom. The molecule has 2 aliphatic rings. The Morgan fingerprint density at radius 1 is 1.09 bits per heavy atom. The van der Waals surface area contributed by atoms with Crippen molar-refractivity contribution in [1.29, 1.82) is 0 Å². The number of rotatable bonds is 8. The van der Waals surface area contributed by atoms with Gasteiger partial charge in [0.1, 0.15) is 0 Å². The predicted octanol–water partition coefficient (Wildman–Crippen LogP) is 2.22. The van der Waals surface area contributed by atoms with Gasteiger partial charge >= 0.3 is 0 Å². The van der Waals surface area contributed by atoms with E-state index in [-0.39, 0.29) is 41.6 Å². The number of hydrogen-bond donors (Lipinski definition) is 2. The van der Waals surface area contributed by atoms with Gasteiger partial charge in [-0.2, -0.15) is 0 Å². The lowest BCUT2D eigenvalue weighted by Crippen LogP contribution is -2.57. The number of piperazine rings is 1. The first-order chi connectivity index (χ1) is 15.5. The molecule has 0 spiro atoms. The second kappa shape index (κ2) is 13.5. The predicted molar refractivity (Wildman–Crippen MR) is 141 cm³/mol. The SMILES string of the molecule is CCNC(=NCCNc1ccc([N+](=O)[O-])cc1)N1CCN(C(C)C(=O)N2CCCC2)CC1.I. The van der Waals surface area contributed by atoms with E-state index in [4.69, 9.17) is 4.99 Å². The zero-order valence-corrected chi connectivity index (χ0v) is 21.9. The van der Waals surface area contributed by atoms with Crippen molar-refractivity contribution < 1.29 is 9.72 Å². The lowest BCUT2D eigenvalue weighted by atomic mass is 10.2. The van der Waals surface area contributed by atoms with Crippen LogP contribution in [0.25, 0.3) is 0 Å². The Balaban J connectivity index is 0.00000385. The second-order valence-corrected chi connectivity index (χ2v) is 8.20. The van der Waals surface area contributed by atoms with Crippen LogP contribution in [0.4, 0.5) is 11.4 Å². The van der Waals surface area contributed by atoms with Gasteiger partial charge in [-0.15, -0.1) is 24.0 Å². The molecule has 10 nitrogen and oxygen atoms in total. The van der Waals surface area contributed by atoms with Crippen LogP contribution >= 0.6 is 24.0 Å². The van der Waals surface area contributed by atoms with Crippen LogP contribution in [0.2, 0.25) is 0 Å². The summed E-state index contributed by atoms with van der Waals surface area (Å²) in [5.74, 6) is 1.14. The molecule has 2 saturated heterocycles. The number of carbonyl (C=O) groups excluding carboxylic acids is 1. The minimum atomic E-state index is -0.403. The first-order valence-electron chi connectivity index (χ1n) is 11.5. The molecule has 1 atom stereocenters. The second-order valence-electron chi connectivity index (χ2n) is 8.20. The molecule has 1 aromatic rings. The third-order valence-corrected chi connectivity index (χ3v) is 6.05. The van der Waals surface area contributed by atoms with E-state index >= 15 is 0 Å². The molecular formula is C22H36IN7O3. The summed E-state index contributed by atoms with van der Waals surface area (Å²) >= 11 is 0. The van der Waals surface area contributed by atoms with Crippen molar-refractivity contribution in [2.75, 3.05) is 64.2 Å². The van der Waals surface area contributed by atoms with E-state index < -0.39 is 4.92 Å². The van der Waals surface area contributed by atoms with Crippen LogP contribution in [0.15, 0.2) is 29.3 Å². The van der Waals surface area contributed by atoms with Gasteiger partial charge in [0.25, 0.3) is 5.69 Å². The molecule has 2 N–H and O–H groups in total. The molecule has 0 saturated carbocycles. The molecule has 2 heterocycles. The number of amides is 1. The van der Waals surface area contributed by atoms with Crippen LogP contribution in [0.3, 0.4) is 0 Å². The van der Waals surface area contributed by atoms with Crippen molar-refractivity contribution in [3.8, 4) is 0 Å². The van der Waals surface area contributed by atoms with Crippen molar-refractivity contribution in [1.82, 2.24) is 20.0 Å². The maximum absolute atomic E-state index is 12.7. The van der Waals surface area contributed by atoms with Gasteiger partial charge in [-0.05, 0) is 38.8 Å². The van der Waals surface area contributed by atoms with Crippen molar-refractivity contribution in [2.45, 2.75) is 32.7 Å². The van der Waals surface area contributed by atoms with Crippen LogP contribution in [0, 0.1) is 10.1 Å². The summed E-state index contributed by atoms with van der Waals surface area (Å²) in [5.41, 5.74) is 0.916. The van der Waals surface area contributed by atoms with Gasteiger partial charge in [0, 0.05) is 70.2 Å². The Labute approximate surface area is 212 Å². The molecule has 1 unspecified atom stereocenters. The number of nitro benzene ring substituents is 1. The maximum Gasteiger partial charge on any atom is 0.269 e. The zero-order chi connectivity index (χ0) is 22.9. The average molecular weight is 573 g/mol. The summed E-state index contributed by atoms with van der Waals surface area (Å²) in [4.78, 5) is 34.3. The summed E-state index contributed by atoms with van der Waals surface area (Å²) in [6.45, 7) is 11.2. The molecule has 1 amide bonds. The average Bonchev–Trinajstić information content (AvgIpc) is 3.35. The van der Waals surface area contributed by atoms with Crippen LogP contribution in [-0.2, 0) is 4.79 Å². The molecule has 2 fully saturated rings. The molecule has 0 aromatic heterocycles. The number of aliphatic imine (C=N–C) groups is 1. The highest BCUT2D eigenvalue weighted by Crippen LogP contribution is 2.16. The van der Waals surface area contributed by atoms with Crippen LogP contribution in [0.5, 0.6) is 0 Å². The molecule has 3 rings (SSSR count). The standard InChI is InChI=1S/C22H35N7O3.HI/c1-3-23-22(25-11-10-24-19-6-8-20(9-7-19)29(31)32)28-16-14-26(15-17-28)18(2)21(30)27-12-4-5-13-27;/h6-9,18,24H,3-5,10-17H2,1-2H3,(H,23,25);1H. The molecule has 1 aromatic carbocycles. The third kappa shape index (κ3) is 7.70. The number of guanidine groups is 1. The van der Waals surface area contributed by atoms with Crippen molar-refractivity contribution >= 4 is 47.2 Å². The van der Waals surface area contributed by atoms with Crippen molar-refractivity contribution in [2.24, 2.45) is 4.99 Å². The van der Waals surface area contributed by atoms with Gasteiger partial charge in [-0.3, -0.25) is 24.8 Å². The summed E-state index contributed by atoms with van der Waals surface area (Å²) in [6, 6.07) is 6.32. The number of benzene rings is 1. The number of nitrogens with zero attached hydrogens (tertiary/aromatic N) is 5. The van der Waals surface area contributed by atoms with E-state index in [0.29, 0.717) is 13.1 Å². The minimum Gasteiger partial charge on any atom is -0.383 e. The minimum absolute atomic E-state index is 0. The fourth-order valence-corrected chi connectivity index (χ4v) is 4.17. The van der Waals surface area contributed by atoms with E-state index in [1.54, 1.807) is 12.1 Å². The monoisotopic (exact) mass is 573 g/mol. The number of likely N-dealkylation sites (tertiary alicyclic amines) is 1. The highest BCUT2D eigenvalue weighted by Gasteiger charge is 2.30. The molecule has 33 heavy (non-hydrogen) atoms.